The van der Waals surface area contributed by atoms with Crippen molar-refractivity contribution >= 4 is 0 Å². The Bertz CT molecular complexity index is 911. The fourth-order valence-electron chi connectivity index (χ4n) is 4.78. The normalized spacial score (nSPS) is 25.8. The Balaban J connectivity index is 1.51. The van der Waals surface area contributed by atoms with Crippen LogP contribution in [0.1, 0.15) is 43.7 Å². The van der Waals surface area contributed by atoms with Gasteiger partial charge in [0.05, 0.1) is 6.10 Å². The van der Waals surface area contributed by atoms with Crippen LogP contribution in [0, 0.1) is 5.92 Å². The molecule has 2 aromatic carbocycles. The van der Waals surface area contributed by atoms with Crippen LogP contribution in [0.2, 0.25) is 0 Å². The van der Waals surface area contributed by atoms with Crippen molar-refractivity contribution in [1.29, 1.82) is 0 Å². The Morgan fingerprint density at radius 1 is 1.19 bits per heavy atom. The van der Waals surface area contributed by atoms with Crippen LogP contribution in [0.3, 0.4) is 0 Å². The molecule has 31 heavy (non-hydrogen) atoms. The largest absolute Gasteiger partial charge is 0.489 e. The first-order valence-corrected chi connectivity index (χ1v) is 11.2. The summed E-state index contributed by atoms with van der Waals surface area (Å²) in [5.41, 5.74) is 7.22. The first kappa shape index (κ1) is 21.9. The van der Waals surface area contributed by atoms with Crippen molar-refractivity contribution in [2.24, 2.45) is 11.7 Å². The summed E-state index contributed by atoms with van der Waals surface area (Å²) in [6.07, 6.45) is 4.75. The topological polar surface area (TPSA) is 84.9 Å². The van der Waals surface area contributed by atoms with Gasteiger partial charge in [-0.05, 0) is 50.9 Å². The molecule has 166 valence electrons. The maximum Gasteiger partial charge on any atom is 0.133 e. The summed E-state index contributed by atoms with van der Waals surface area (Å²) in [6, 6.07) is 15.7. The molecule has 1 heterocycles. The highest BCUT2D eigenvalue weighted by atomic mass is 16.5. The van der Waals surface area contributed by atoms with E-state index in [1.54, 1.807) is 6.08 Å². The van der Waals surface area contributed by atoms with E-state index in [9.17, 15) is 10.2 Å². The van der Waals surface area contributed by atoms with Gasteiger partial charge in [0.15, 0.2) is 0 Å². The van der Waals surface area contributed by atoms with Crippen molar-refractivity contribution in [2.75, 3.05) is 6.54 Å². The molecule has 5 atom stereocenters. The third kappa shape index (κ3) is 4.49. The quantitative estimate of drug-likeness (QED) is 0.565. The molecule has 1 aliphatic heterocycles. The van der Waals surface area contributed by atoms with Crippen LogP contribution in [-0.2, 0) is 6.42 Å². The molecule has 0 spiro atoms. The summed E-state index contributed by atoms with van der Waals surface area (Å²) < 4.78 is 12.3. The molecule has 0 radical (unpaired) electrons. The zero-order chi connectivity index (χ0) is 22.0. The summed E-state index contributed by atoms with van der Waals surface area (Å²) in [5.74, 6) is 1.65. The number of aliphatic hydroxyl groups is 2. The molecule has 0 aromatic heterocycles. The first-order valence-electron chi connectivity index (χ1n) is 11.2. The second kappa shape index (κ2) is 9.03. The van der Waals surface area contributed by atoms with Gasteiger partial charge in [-0.3, -0.25) is 0 Å². The summed E-state index contributed by atoms with van der Waals surface area (Å²) >= 11 is 0. The fourth-order valence-corrected chi connectivity index (χ4v) is 4.78. The van der Waals surface area contributed by atoms with Gasteiger partial charge in [0.2, 0.25) is 0 Å². The van der Waals surface area contributed by atoms with Crippen LogP contribution in [0.5, 0.6) is 11.5 Å². The first-order chi connectivity index (χ1) is 14.9. The van der Waals surface area contributed by atoms with Crippen molar-refractivity contribution in [3.63, 3.8) is 0 Å². The fraction of sp³-hybridized carbons (Fsp3) is 0.462. The van der Waals surface area contributed by atoms with Gasteiger partial charge in [-0.15, -0.1) is 0 Å². The van der Waals surface area contributed by atoms with E-state index in [4.69, 9.17) is 15.2 Å². The molecule has 5 heteroatoms. The van der Waals surface area contributed by atoms with Gasteiger partial charge in [-0.25, -0.2) is 0 Å². The Kier molecular flexibility index (Phi) is 6.37. The summed E-state index contributed by atoms with van der Waals surface area (Å²) in [5, 5.41) is 21.5. The summed E-state index contributed by atoms with van der Waals surface area (Å²) in [4.78, 5) is 0. The zero-order valence-electron chi connectivity index (χ0n) is 18.3. The Morgan fingerprint density at radius 2 is 1.97 bits per heavy atom. The minimum absolute atomic E-state index is 0.0376. The Hall–Kier alpha value is -2.34. The molecule has 2 aliphatic rings. The molecule has 0 saturated heterocycles. The van der Waals surface area contributed by atoms with Crippen LogP contribution in [0.25, 0.3) is 0 Å². The number of ether oxygens (including phenoxy) is 2. The molecule has 1 saturated carbocycles. The summed E-state index contributed by atoms with van der Waals surface area (Å²) in [6.45, 7) is 4.38. The van der Waals surface area contributed by atoms with E-state index in [1.807, 2.05) is 50.3 Å². The van der Waals surface area contributed by atoms with Crippen LogP contribution in [-0.4, -0.2) is 40.7 Å². The molecular formula is C26H33NO4. The predicted molar refractivity (Wildman–Crippen MR) is 121 cm³/mol. The highest BCUT2D eigenvalue weighted by molar-refractivity contribution is 5.49. The Morgan fingerprint density at radius 3 is 2.71 bits per heavy atom. The maximum absolute atomic E-state index is 10.8. The lowest BCUT2D eigenvalue weighted by atomic mass is 9.86. The number of benzene rings is 2. The number of para-hydroxylation sites is 2. The lowest BCUT2D eigenvalue weighted by molar-refractivity contribution is -0.00221. The van der Waals surface area contributed by atoms with Crippen LogP contribution in [0.15, 0.2) is 60.7 Å². The molecule has 2 aromatic rings. The molecule has 0 bridgehead atoms. The number of nitrogens with two attached hydrogens (primary N) is 1. The minimum atomic E-state index is -0.823. The average Bonchev–Trinajstić information content (AvgIpc) is 3.25. The molecule has 4 rings (SSSR count). The van der Waals surface area contributed by atoms with Gasteiger partial charge in [0.1, 0.15) is 29.3 Å². The number of rotatable bonds is 8. The maximum atomic E-state index is 10.8. The highest BCUT2D eigenvalue weighted by Crippen LogP contribution is 2.52. The molecule has 1 fully saturated rings. The van der Waals surface area contributed by atoms with Crippen LogP contribution >= 0.6 is 0 Å². The van der Waals surface area contributed by atoms with Gasteiger partial charge in [0.25, 0.3) is 0 Å². The van der Waals surface area contributed by atoms with Gasteiger partial charge >= 0.3 is 0 Å². The number of hydrogen-bond acceptors (Lipinski definition) is 5. The molecule has 1 aliphatic carbocycles. The summed E-state index contributed by atoms with van der Waals surface area (Å²) in [7, 11) is 0. The molecule has 4 N–H and O–H groups in total. The van der Waals surface area contributed by atoms with E-state index in [0.29, 0.717) is 18.7 Å². The van der Waals surface area contributed by atoms with E-state index >= 15 is 0 Å². The second-order valence-corrected chi connectivity index (χ2v) is 9.14. The highest BCUT2D eigenvalue weighted by Gasteiger charge is 2.49. The van der Waals surface area contributed by atoms with Crippen molar-refractivity contribution in [3.8, 4) is 11.5 Å². The molecule has 0 amide bonds. The standard InChI is InChI=1S/C26H33NO4/c1-26(2,31-18-10-4-3-5-11-18)23(29)14-13-19-21(28)16-22-24(19)20-12-6-8-17(9-7-15-27)25(20)30-22/h3-6,8,10-14,19,21-24,28-29H,7,9,15-16,27H2,1-2H3/t19-,21+,22-,23+,24-/m0/s1. The van der Waals surface area contributed by atoms with Crippen LogP contribution in [0.4, 0.5) is 0 Å². The van der Waals surface area contributed by atoms with E-state index < -0.39 is 17.8 Å². The third-order valence-corrected chi connectivity index (χ3v) is 6.49. The number of aliphatic hydroxyl groups excluding tert-OH is 2. The van der Waals surface area contributed by atoms with E-state index in [-0.39, 0.29) is 17.9 Å². The lowest BCUT2D eigenvalue weighted by Gasteiger charge is -2.30. The number of fused-ring (bicyclic) bond motifs is 3. The molecule has 5 nitrogen and oxygen atoms in total. The van der Waals surface area contributed by atoms with Gasteiger partial charge in [0, 0.05) is 23.8 Å². The molecular weight excluding hydrogens is 390 g/mol. The van der Waals surface area contributed by atoms with Gasteiger partial charge in [-0.1, -0.05) is 48.6 Å². The van der Waals surface area contributed by atoms with Crippen molar-refractivity contribution in [1.82, 2.24) is 0 Å². The number of hydrogen-bond donors (Lipinski definition) is 3. The van der Waals surface area contributed by atoms with E-state index in [2.05, 4.69) is 18.2 Å². The number of aryl methyl sites for hydroxylation is 1. The lowest BCUT2D eigenvalue weighted by Crippen LogP contribution is -2.41. The van der Waals surface area contributed by atoms with Crippen molar-refractivity contribution in [3.05, 3.63) is 71.8 Å². The monoisotopic (exact) mass is 423 g/mol. The van der Waals surface area contributed by atoms with Gasteiger partial charge in [-0.2, -0.15) is 0 Å². The zero-order valence-corrected chi connectivity index (χ0v) is 18.3. The van der Waals surface area contributed by atoms with Gasteiger partial charge < -0.3 is 25.4 Å². The third-order valence-electron chi connectivity index (χ3n) is 6.49. The SMILES string of the molecule is CC(C)(Oc1ccccc1)[C@H](O)C=C[C@@H]1[C@H]2c3cccc(CCCN)c3O[C@H]2C[C@H]1O. The van der Waals surface area contributed by atoms with E-state index in [0.717, 1.165) is 24.2 Å². The van der Waals surface area contributed by atoms with Crippen molar-refractivity contribution in [2.45, 2.75) is 62.9 Å². The second-order valence-electron chi connectivity index (χ2n) is 9.14. The Labute approximate surface area is 184 Å². The van der Waals surface area contributed by atoms with E-state index in [1.165, 1.54) is 5.56 Å². The minimum Gasteiger partial charge on any atom is -0.489 e. The average molecular weight is 424 g/mol. The predicted octanol–water partition coefficient (Wildman–Crippen LogP) is 3.58. The molecule has 0 unspecified atom stereocenters. The smallest absolute Gasteiger partial charge is 0.133 e. The van der Waals surface area contributed by atoms with Crippen molar-refractivity contribution < 1.29 is 19.7 Å². The van der Waals surface area contributed by atoms with Crippen LogP contribution < -0.4 is 15.2 Å².